The lowest BCUT2D eigenvalue weighted by atomic mass is 10.2. The minimum atomic E-state index is -0.522. The molecular formula is C11H14N2O3. The van der Waals surface area contributed by atoms with Gasteiger partial charge in [0.05, 0.1) is 12.3 Å². The van der Waals surface area contributed by atoms with Gasteiger partial charge < -0.3 is 9.64 Å². The van der Waals surface area contributed by atoms with Gasteiger partial charge in [0.2, 0.25) is 5.91 Å². The maximum absolute atomic E-state index is 11.6. The fourth-order valence-corrected chi connectivity index (χ4v) is 1.19. The fraction of sp³-hybridized carbons (Fsp3) is 0.364. The van der Waals surface area contributed by atoms with E-state index >= 15 is 0 Å². The predicted molar refractivity (Wildman–Crippen MR) is 59.3 cm³/mol. The second-order valence-electron chi connectivity index (χ2n) is 3.17. The van der Waals surface area contributed by atoms with Gasteiger partial charge in [-0.3, -0.25) is 4.79 Å². The summed E-state index contributed by atoms with van der Waals surface area (Å²) in [7, 11) is 1.59. The van der Waals surface area contributed by atoms with E-state index in [0.717, 1.165) is 0 Å². The van der Waals surface area contributed by atoms with E-state index in [4.69, 9.17) is 4.74 Å². The number of pyridine rings is 1. The van der Waals surface area contributed by atoms with Crippen molar-refractivity contribution in [2.45, 2.75) is 13.8 Å². The van der Waals surface area contributed by atoms with Crippen molar-refractivity contribution in [2.24, 2.45) is 0 Å². The third kappa shape index (κ3) is 2.56. The zero-order valence-electron chi connectivity index (χ0n) is 9.56. The van der Waals surface area contributed by atoms with Gasteiger partial charge in [-0.15, -0.1) is 0 Å². The molecule has 86 valence electrons. The number of ether oxygens (including phenoxy) is 1. The van der Waals surface area contributed by atoms with Crippen LogP contribution in [0.1, 0.15) is 24.3 Å². The normalized spacial score (nSPS) is 9.69. The minimum absolute atomic E-state index is 0.155. The zero-order chi connectivity index (χ0) is 12.1. The van der Waals surface area contributed by atoms with Gasteiger partial charge in [0, 0.05) is 20.2 Å². The molecule has 0 atom stereocenters. The first-order chi connectivity index (χ1) is 7.57. The molecule has 0 N–H and O–H groups in total. The van der Waals surface area contributed by atoms with Crippen LogP contribution >= 0.6 is 0 Å². The Morgan fingerprint density at radius 1 is 1.50 bits per heavy atom. The fourth-order valence-electron chi connectivity index (χ4n) is 1.19. The number of hydrogen-bond acceptors (Lipinski definition) is 4. The summed E-state index contributed by atoms with van der Waals surface area (Å²) in [5, 5.41) is 0. The number of amides is 1. The van der Waals surface area contributed by atoms with Crippen LogP contribution in [-0.4, -0.2) is 30.5 Å². The van der Waals surface area contributed by atoms with E-state index in [0.29, 0.717) is 5.69 Å². The lowest BCUT2D eigenvalue weighted by Crippen LogP contribution is -2.26. The highest BCUT2D eigenvalue weighted by Crippen LogP contribution is 2.17. The summed E-state index contributed by atoms with van der Waals surface area (Å²) in [5.74, 6) is -0.690. The second kappa shape index (κ2) is 5.25. The number of aromatic nitrogens is 1. The number of carbonyl (C=O) groups is 2. The summed E-state index contributed by atoms with van der Waals surface area (Å²) in [6.45, 7) is 3.41. The molecule has 1 aromatic rings. The molecule has 0 unspecified atom stereocenters. The van der Waals surface area contributed by atoms with Gasteiger partial charge in [0.1, 0.15) is 0 Å². The number of nitrogens with zero attached hydrogens (tertiary/aromatic N) is 2. The third-order valence-corrected chi connectivity index (χ3v) is 2.09. The smallest absolute Gasteiger partial charge is 0.359 e. The highest BCUT2D eigenvalue weighted by Gasteiger charge is 2.18. The van der Waals surface area contributed by atoms with Crippen molar-refractivity contribution in [3.8, 4) is 0 Å². The summed E-state index contributed by atoms with van der Waals surface area (Å²) in [6, 6.07) is 3.32. The number of carbonyl (C=O) groups excluding carboxylic acids is 2. The molecule has 1 amide bonds. The highest BCUT2D eigenvalue weighted by molar-refractivity contribution is 6.00. The van der Waals surface area contributed by atoms with Crippen LogP contribution < -0.4 is 4.90 Å². The monoisotopic (exact) mass is 222 g/mol. The third-order valence-electron chi connectivity index (χ3n) is 2.09. The topological polar surface area (TPSA) is 59.5 Å². The van der Waals surface area contributed by atoms with Crippen LogP contribution in [0.25, 0.3) is 0 Å². The minimum Gasteiger partial charge on any atom is -0.461 e. The Hall–Kier alpha value is -1.91. The van der Waals surface area contributed by atoms with Crippen molar-refractivity contribution >= 4 is 17.6 Å². The standard InChI is InChI=1S/C11H14N2O3/c1-4-16-11(15)10-9(6-5-7-12-10)13(3)8(2)14/h5-7H,4H2,1-3H3. The Morgan fingerprint density at radius 3 is 2.75 bits per heavy atom. The molecule has 0 radical (unpaired) electrons. The molecule has 0 aliphatic heterocycles. The van der Waals surface area contributed by atoms with Crippen molar-refractivity contribution in [3.63, 3.8) is 0 Å². The summed E-state index contributed by atoms with van der Waals surface area (Å²) in [4.78, 5) is 28.1. The summed E-state index contributed by atoms with van der Waals surface area (Å²) >= 11 is 0. The lowest BCUT2D eigenvalue weighted by Gasteiger charge is -2.17. The van der Waals surface area contributed by atoms with Crippen LogP contribution in [-0.2, 0) is 9.53 Å². The largest absolute Gasteiger partial charge is 0.461 e. The van der Waals surface area contributed by atoms with Gasteiger partial charge in [-0.2, -0.15) is 0 Å². The molecule has 16 heavy (non-hydrogen) atoms. The van der Waals surface area contributed by atoms with Crippen molar-refractivity contribution < 1.29 is 14.3 Å². The average molecular weight is 222 g/mol. The van der Waals surface area contributed by atoms with Crippen LogP contribution in [0.5, 0.6) is 0 Å². The Bertz CT molecular complexity index is 404. The summed E-state index contributed by atoms with van der Waals surface area (Å²) in [5.41, 5.74) is 0.607. The Balaban J connectivity index is 3.09. The Kier molecular flexibility index (Phi) is 3.99. The van der Waals surface area contributed by atoms with Crippen molar-refractivity contribution in [1.82, 2.24) is 4.98 Å². The quantitative estimate of drug-likeness (QED) is 0.722. The van der Waals surface area contributed by atoms with Gasteiger partial charge in [-0.25, -0.2) is 9.78 Å². The van der Waals surface area contributed by atoms with Crippen LogP contribution in [0.15, 0.2) is 18.3 Å². The van der Waals surface area contributed by atoms with E-state index in [1.54, 1.807) is 26.1 Å². The maximum Gasteiger partial charge on any atom is 0.359 e. The molecular weight excluding hydrogens is 208 g/mol. The van der Waals surface area contributed by atoms with Crippen LogP contribution in [0.2, 0.25) is 0 Å². The van der Waals surface area contributed by atoms with Gasteiger partial charge in [-0.05, 0) is 19.1 Å². The Labute approximate surface area is 94.0 Å². The molecule has 1 heterocycles. The zero-order valence-corrected chi connectivity index (χ0v) is 9.56. The molecule has 0 aliphatic carbocycles. The first-order valence-corrected chi connectivity index (χ1v) is 4.94. The molecule has 0 fully saturated rings. The average Bonchev–Trinajstić information content (AvgIpc) is 2.28. The molecule has 5 heteroatoms. The number of anilines is 1. The summed E-state index contributed by atoms with van der Waals surface area (Å²) < 4.78 is 4.86. The lowest BCUT2D eigenvalue weighted by molar-refractivity contribution is -0.116. The number of esters is 1. The molecule has 1 rings (SSSR count). The van der Waals surface area contributed by atoms with Gasteiger partial charge in [0.15, 0.2) is 5.69 Å². The molecule has 0 bridgehead atoms. The van der Waals surface area contributed by atoms with E-state index in [1.165, 1.54) is 18.0 Å². The molecule has 5 nitrogen and oxygen atoms in total. The maximum atomic E-state index is 11.6. The molecule has 0 saturated heterocycles. The van der Waals surface area contributed by atoms with E-state index in [9.17, 15) is 9.59 Å². The van der Waals surface area contributed by atoms with Crippen LogP contribution in [0, 0.1) is 0 Å². The van der Waals surface area contributed by atoms with Gasteiger partial charge in [0.25, 0.3) is 0 Å². The highest BCUT2D eigenvalue weighted by atomic mass is 16.5. The van der Waals surface area contributed by atoms with Crippen LogP contribution in [0.3, 0.4) is 0 Å². The molecule has 0 spiro atoms. The number of hydrogen-bond donors (Lipinski definition) is 0. The summed E-state index contributed by atoms with van der Waals surface area (Å²) in [6.07, 6.45) is 1.49. The first-order valence-electron chi connectivity index (χ1n) is 4.94. The number of rotatable bonds is 3. The first kappa shape index (κ1) is 12.2. The van der Waals surface area contributed by atoms with Crippen molar-refractivity contribution in [3.05, 3.63) is 24.0 Å². The van der Waals surface area contributed by atoms with Gasteiger partial charge >= 0.3 is 5.97 Å². The second-order valence-corrected chi connectivity index (χ2v) is 3.17. The molecule has 0 saturated carbocycles. The van der Waals surface area contributed by atoms with E-state index in [2.05, 4.69) is 4.98 Å². The molecule has 0 aromatic carbocycles. The van der Waals surface area contributed by atoms with Gasteiger partial charge in [-0.1, -0.05) is 0 Å². The van der Waals surface area contributed by atoms with Crippen LogP contribution in [0.4, 0.5) is 5.69 Å². The van der Waals surface area contributed by atoms with E-state index in [-0.39, 0.29) is 18.2 Å². The molecule has 0 aliphatic rings. The van der Waals surface area contributed by atoms with E-state index < -0.39 is 5.97 Å². The molecule has 1 aromatic heterocycles. The van der Waals surface area contributed by atoms with Crippen molar-refractivity contribution in [2.75, 3.05) is 18.6 Å². The Morgan fingerprint density at radius 2 is 2.19 bits per heavy atom. The van der Waals surface area contributed by atoms with Crippen molar-refractivity contribution in [1.29, 1.82) is 0 Å². The SMILES string of the molecule is CCOC(=O)c1ncccc1N(C)C(C)=O. The van der Waals surface area contributed by atoms with E-state index in [1.807, 2.05) is 0 Å². The predicted octanol–water partition coefficient (Wildman–Crippen LogP) is 1.24.